The highest BCUT2D eigenvalue weighted by molar-refractivity contribution is 7.14. The highest BCUT2D eigenvalue weighted by Gasteiger charge is 2.16. The van der Waals surface area contributed by atoms with Crippen LogP contribution in [0.1, 0.15) is 16.1 Å². The van der Waals surface area contributed by atoms with Crippen LogP contribution < -0.4 is 10.1 Å². The Balaban J connectivity index is 1.64. The lowest BCUT2D eigenvalue weighted by molar-refractivity contribution is 0.0337. The molecular formula is C16H18ClN3O3S. The summed E-state index contributed by atoms with van der Waals surface area (Å²) in [6.07, 6.45) is 0. The molecule has 1 aliphatic rings. The van der Waals surface area contributed by atoms with Gasteiger partial charge in [-0.2, -0.15) is 0 Å². The molecule has 0 saturated carbocycles. The Morgan fingerprint density at radius 3 is 3.00 bits per heavy atom. The van der Waals surface area contributed by atoms with E-state index in [9.17, 15) is 4.79 Å². The molecule has 0 aliphatic carbocycles. The van der Waals surface area contributed by atoms with E-state index in [4.69, 9.17) is 21.1 Å². The van der Waals surface area contributed by atoms with Crippen LogP contribution in [0.25, 0.3) is 0 Å². The van der Waals surface area contributed by atoms with Crippen molar-refractivity contribution in [3.05, 3.63) is 39.9 Å². The molecule has 3 rings (SSSR count). The molecule has 1 fully saturated rings. The number of aromatic nitrogens is 1. The molecule has 1 aromatic carbocycles. The summed E-state index contributed by atoms with van der Waals surface area (Å²) in [6, 6.07) is 4.91. The fourth-order valence-corrected chi connectivity index (χ4v) is 3.30. The maximum Gasteiger partial charge on any atom is 0.261 e. The Kier molecular flexibility index (Phi) is 5.68. The molecule has 2 heterocycles. The second kappa shape index (κ2) is 7.94. The zero-order valence-electron chi connectivity index (χ0n) is 13.3. The molecule has 1 saturated heterocycles. The molecule has 0 unspecified atom stereocenters. The Morgan fingerprint density at radius 2 is 2.25 bits per heavy atom. The van der Waals surface area contributed by atoms with Gasteiger partial charge in [0, 0.05) is 30.0 Å². The molecule has 0 atom stereocenters. The number of hydrogen-bond acceptors (Lipinski definition) is 6. The van der Waals surface area contributed by atoms with Crippen LogP contribution in [0.15, 0.2) is 23.6 Å². The minimum Gasteiger partial charge on any atom is -0.496 e. The van der Waals surface area contributed by atoms with Gasteiger partial charge in [0.1, 0.15) is 5.75 Å². The number of methoxy groups -OCH3 is 1. The van der Waals surface area contributed by atoms with Gasteiger partial charge in [0.05, 0.1) is 31.6 Å². The van der Waals surface area contributed by atoms with Crippen LogP contribution in [0.5, 0.6) is 5.75 Å². The number of anilines is 1. The number of hydrogen-bond donors (Lipinski definition) is 1. The van der Waals surface area contributed by atoms with Gasteiger partial charge in [0.15, 0.2) is 5.13 Å². The molecule has 1 aliphatic heterocycles. The lowest BCUT2D eigenvalue weighted by atomic mass is 10.2. The van der Waals surface area contributed by atoms with Crippen LogP contribution in [0.2, 0.25) is 5.02 Å². The van der Waals surface area contributed by atoms with Gasteiger partial charge >= 0.3 is 0 Å². The van der Waals surface area contributed by atoms with E-state index in [-0.39, 0.29) is 5.91 Å². The topological polar surface area (TPSA) is 63.7 Å². The number of nitrogens with zero attached hydrogens (tertiary/aromatic N) is 2. The highest BCUT2D eigenvalue weighted by atomic mass is 35.5. The zero-order chi connectivity index (χ0) is 16.9. The van der Waals surface area contributed by atoms with Crippen molar-refractivity contribution < 1.29 is 14.3 Å². The Morgan fingerprint density at radius 1 is 1.46 bits per heavy atom. The first-order valence-electron chi connectivity index (χ1n) is 7.55. The van der Waals surface area contributed by atoms with Gasteiger partial charge in [-0.25, -0.2) is 4.98 Å². The molecule has 24 heavy (non-hydrogen) atoms. The zero-order valence-corrected chi connectivity index (χ0v) is 14.8. The predicted octanol–water partition coefficient (Wildman–Crippen LogP) is 2.89. The standard InChI is InChI=1S/C16H18ClN3O3S/c1-22-14-8-11(17)2-3-13(14)15(21)19-16-18-12(10-24-16)9-20-4-6-23-7-5-20/h2-3,8,10H,4-7,9H2,1H3,(H,18,19,21). The SMILES string of the molecule is COc1cc(Cl)ccc1C(=O)Nc1nc(CN2CCOCC2)cs1. The van der Waals surface area contributed by atoms with E-state index >= 15 is 0 Å². The maximum absolute atomic E-state index is 12.4. The van der Waals surface area contributed by atoms with Crippen molar-refractivity contribution in [2.24, 2.45) is 0 Å². The van der Waals surface area contributed by atoms with E-state index in [1.807, 2.05) is 5.38 Å². The molecule has 0 bridgehead atoms. The largest absolute Gasteiger partial charge is 0.496 e. The van der Waals surface area contributed by atoms with Gasteiger partial charge in [0.2, 0.25) is 0 Å². The quantitative estimate of drug-likeness (QED) is 0.880. The number of halogens is 1. The van der Waals surface area contributed by atoms with Crippen molar-refractivity contribution in [1.82, 2.24) is 9.88 Å². The second-order valence-corrected chi connectivity index (χ2v) is 6.63. The molecule has 1 N–H and O–H groups in total. The Hall–Kier alpha value is -1.67. The van der Waals surface area contributed by atoms with Crippen molar-refractivity contribution >= 4 is 34.0 Å². The molecule has 6 nitrogen and oxygen atoms in total. The monoisotopic (exact) mass is 367 g/mol. The molecule has 8 heteroatoms. The Bertz CT molecular complexity index is 716. The molecule has 0 spiro atoms. The summed E-state index contributed by atoms with van der Waals surface area (Å²) in [6.45, 7) is 4.08. The number of morpholine rings is 1. The number of nitrogens with one attached hydrogen (secondary N) is 1. The van der Waals surface area contributed by atoms with Crippen molar-refractivity contribution in [3.63, 3.8) is 0 Å². The fourth-order valence-electron chi connectivity index (χ4n) is 2.44. The molecule has 128 valence electrons. The minimum atomic E-state index is -0.268. The van der Waals surface area contributed by atoms with E-state index in [2.05, 4.69) is 15.2 Å². The van der Waals surface area contributed by atoms with E-state index in [1.54, 1.807) is 18.2 Å². The summed E-state index contributed by atoms with van der Waals surface area (Å²) >= 11 is 7.33. The average Bonchev–Trinajstić information content (AvgIpc) is 3.02. The molecule has 1 amide bonds. The molecule has 2 aromatic rings. The van der Waals surface area contributed by atoms with Gasteiger partial charge in [-0.1, -0.05) is 11.6 Å². The van der Waals surface area contributed by atoms with Crippen molar-refractivity contribution in [2.45, 2.75) is 6.54 Å². The first-order valence-corrected chi connectivity index (χ1v) is 8.81. The third kappa shape index (κ3) is 4.24. The number of rotatable bonds is 5. The smallest absolute Gasteiger partial charge is 0.261 e. The predicted molar refractivity (Wildman–Crippen MR) is 94.2 cm³/mol. The van der Waals surface area contributed by atoms with Gasteiger partial charge in [-0.15, -0.1) is 11.3 Å². The van der Waals surface area contributed by atoms with Gasteiger partial charge in [-0.05, 0) is 18.2 Å². The van der Waals surface area contributed by atoms with Crippen molar-refractivity contribution in [3.8, 4) is 5.75 Å². The fraction of sp³-hybridized carbons (Fsp3) is 0.375. The normalized spacial score (nSPS) is 15.2. The van der Waals surface area contributed by atoms with Gasteiger partial charge < -0.3 is 9.47 Å². The van der Waals surface area contributed by atoms with Crippen LogP contribution in [0.3, 0.4) is 0 Å². The summed E-state index contributed by atoms with van der Waals surface area (Å²) in [4.78, 5) is 19.2. The average molecular weight is 368 g/mol. The third-order valence-electron chi connectivity index (χ3n) is 3.67. The highest BCUT2D eigenvalue weighted by Crippen LogP contribution is 2.25. The summed E-state index contributed by atoms with van der Waals surface area (Å²) in [7, 11) is 1.51. The first kappa shape index (κ1) is 17.2. The number of carbonyl (C=O) groups is 1. The summed E-state index contributed by atoms with van der Waals surface area (Å²) in [5.74, 6) is 0.167. The molecule has 1 aromatic heterocycles. The van der Waals surface area contributed by atoms with Crippen LogP contribution >= 0.6 is 22.9 Å². The summed E-state index contributed by atoms with van der Waals surface area (Å²) < 4.78 is 10.5. The van der Waals surface area contributed by atoms with Crippen molar-refractivity contribution in [2.75, 3.05) is 38.7 Å². The summed E-state index contributed by atoms with van der Waals surface area (Å²) in [5, 5.41) is 5.86. The van der Waals surface area contributed by atoms with E-state index in [0.29, 0.717) is 21.5 Å². The Labute approximate surface area is 149 Å². The van der Waals surface area contributed by atoms with E-state index in [1.165, 1.54) is 18.4 Å². The van der Waals surface area contributed by atoms with Gasteiger partial charge in [0.25, 0.3) is 5.91 Å². The molecular weight excluding hydrogens is 350 g/mol. The summed E-state index contributed by atoms with van der Waals surface area (Å²) in [5.41, 5.74) is 1.37. The number of benzene rings is 1. The first-order chi connectivity index (χ1) is 11.7. The van der Waals surface area contributed by atoms with Crippen LogP contribution in [0, 0.1) is 0 Å². The minimum absolute atomic E-state index is 0.268. The van der Waals surface area contributed by atoms with E-state index < -0.39 is 0 Å². The van der Waals surface area contributed by atoms with Gasteiger partial charge in [-0.3, -0.25) is 15.0 Å². The van der Waals surface area contributed by atoms with Crippen LogP contribution in [0.4, 0.5) is 5.13 Å². The van der Waals surface area contributed by atoms with E-state index in [0.717, 1.165) is 38.5 Å². The maximum atomic E-state index is 12.4. The second-order valence-electron chi connectivity index (χ2n) is 5.33. The number of ether oxygens (including phenoxy) is 2. The third-order valence-corrected chi connectivity index (χ3v) is 4.71. The number of carbonyl (C=O) groups excluding carboxylic acids is 1. The lowest BCUT2D eigenvalue weighted by Gasteiger charge is -2.25. The van der Waals surface area contributed by atoms with Crippen LogP contribution in [-0.2, 0) is 11.3 Å². The number of thiazole rings is 1. The van der Waals surface area contributed by atoms with Crippen molar-refractivity contribution in [1.29, 1.82) is 0 Å². The lowest BCUT2D eigenvalue weighted by Crippen LogP contribution is -2.35. The van der Waals surface area contributed by atoms with Crippen LogP contribution in [-0.4, -0.2) is 49.2 Å². The number of amides is 1. The molecule has 0 radical (unpaired) electrons.